The van der Waals surface area contributed by atoms with E-state index >= 15 is 0 Å². The van der Waals surface area contributed by atoms with Gasteiger partial charge in [0, 0.05) is 11.1 Å². The van der Waals surface area contributed by atoms with Gasteiger partial charge in [0.15, 0.2) is 0 Å². The Morgan fingerprint density at radius 2 is 0.926 bits per heavy atom. The van der Waals surface area contributed by atoms with Gasteiger partial charge < -0.3 is 9.47 Å². The molecular formula is C25H36O2. The van der Waals surface area contributed by atoms with Gasteiger partial charge in [-0.1, -0.05) is 76.9 Å². The Morgan fingerprint density at radius 3 is 1.22 bits per heavy atom. The standard InChI is InChI=1S/C25H36O2/c1-16-11-18(3)22(20(13-16)24(5,6)7)26-15-27-23-19(4)12-17(2)14-21(23)25(8,9)10/h11-14H,15H2,1-10H3. The summed E-state index contributed by atoms with van der Waals surface area (Å²) >= 11 is 0. The van der Waals surface area contributed by atoms with Crippen LogP contribution in [0.1, 0.15) is 74.9 Å². The van der Waals surface area contributed by atoms with Crippen LogP contribution in [0, 0.1) is 27.7 Å². The van der Waals surface area contributed by atoms with Crippen LogP contribution in [-0.2, 0) is 10.8 Å². The Labute approximate surface area is 165 Å². The molecule has 0 aliphatic rings. The van der Waals surface area contributed by atoms with Gasteiger partial charge in [-0.25, -0.2) is 0 Å². The Kier molecular flexibility index (Phi) is 5.99. The zero-order valence-corrected chi connectivity index (χ0v) is 18.8. The maximum atomic E-state index is 6.18. The number of rotatable bonds is 4. The fraction of sp³-hybridized carbons (Fsp3) is 0.520. The van der Waals surface area contributed by atoms with Crippen molar-refractivity contribution in [1.29, 1.82) is 0 Å². The molecule has 2 nitrogen and oxygen atoms in total. The Morgan fingerprint density at radius 1 is 0.593 bits per heavy atom. The average Bonchev–Trinajstić information content (AvgIpc) is 2.48. The SMILES string of the molecule is Cc1cc(C)c(OCOc2c(C)cc(C)cc2C(C)(C)C)c(C(C)(C)C)c1. The maximum Gasteiger partial charge on any atom is 0.230 e. The van der Waals surface area contributed by atoms with Crippen molar-refractivity contribution < 1.29 is 9.47 Å². The third-order valence-electron chi connectivity index (χ3n) is 4.86. The minimum absolute atomic E-state index is 0.0163. The zero-order chi connectivity index (χ0) is 20.6. The lowest BCUT2D eigenvalue weighted by molar-refractivity contribution is 0.114. The van der Waals surface area contributed by atoms with Gasteiger partial charge in [-0.15, -0.1) is 0 Å². The summed E-state index contributed by atoms with van der Waals surface area (Å²) in [5, 5.41) is 0. The molecular weight excluding hydrogens is 332 g/mol. The molecule has 0 bridgehead atoms. The molecule has 0 fully saturated rings. The summed E-state index contributed by atoms with van der Waals surface area (Å²) in [5.41, 5.74) is 7.30. The Bertz CT molecular complexity index is 748. The van der Waals surface area contributed by atoms with Gasteiger partial charge in [0.2, 0.25) is 6.79 Å². The predicted octanol–water partition coefficient (Wildman–Crippen LogP) is 6.93. The molecule has 2 aromatic rings. The number of benzene rings is 2. The van der Waals surface area contributed by atoms with Crippen LogP contribution >= 0.6 is 0 Å². The monoisotopic (exact) mass is 368 g/mol. The molecule has 2 heteroatoms. The minimum atomic E-state index is 0.0163. The lowest BCUT2D eigenvalue weighted by Gasteiger charge is -2.27. The maximum absolute atomic E-state index is 6.18. The third kappa shape index (κ3) is 5.06. The molecule has 0 unspecified atom stereocenters. The van der Waals surface area contributed by atoms with Gasteiger partial charge in [-0.2, -0.15) is 0 Å². The highest BCUT2D eigenvalue weighted by Crippen LogP contribution is 2.37. The molecule has 2 rings (SSSR count). The van der Waals surface area contributed by atoms with Crippen LogP contribution in [0.2, 0.25) is 0 Å². The molecule has 0 atom stereocenters. The molecule has 0 N–H and O–H groups in total. The molecule has 0 saturated carbocycles. The third-order valence-corrected chi connectivity index (χ3v) is 4.86. The number of aryl methyl sites for hydroxylation is 4. The summed E-state index contributed by atoms with van der Waals surface area (Å²) in [7, 11) is 0. The summed E-state index contributed by atoms with van der Waals surface area (Å²) in [4.78, 5) is 0. The normalized spacial score (nSPS) is 12.2. The van der Waals surface area contributed by atoms with E-state index in [1.54, 1.807) is 0 Å². The van der Waals surface area contributed by atoms with E-state index in [9.17, 15) is 0 Å². The lowest BCUT2D eigenvalue weighted by Crippen LogP contribution is -2.19. The molecule has 0 aromatic heterocycles. The summed E-state index contributed by atoms with van der Waals surface area (Å²) in [6.45, 7) is 22.0. The fourth-order valence-corrected chi connectivity index (χ4v) is 3.55. The molecule has 27 heavy (non-hydrogen) atoms. The average molecular weight is 369 g/mol. The predicted molar refractivity (Wildman–Crippen MR) is 115 cm³/mol. The van der Waals surface area contributed by atoms with Gasteiger partial charge in [-0.3, -0.25) is 0 Å². The van der Waals surface area contributed by atoms with Crippen molar-refractivity contribution in [1.82, 2.24) is 0 Å². The van der Waals surface area contributed by atoms with E-state index in [2.05, 4.69) is 93.5 Å². The van der Waals surface area contributed by atoms with Crippen molar-refractivity contribution >= 4 is 0 Å². The van der Waals surface area contributed by atoms with E-state index in [0.717, 1.165) is 22.6 Å². The first-order chi connectivity index (χ1) is 12.3. The van der Waals surface area contributed by atoms with Crippen LogP contribution in [0.4, 0.5) is 0 Å². The molecule has 2 aromatic carbocycles. The van der Waals surface area contributed by atoms with Crippen molar-refractivity contribution in [2.24, 2.45) is 0 Å². The van der Waals surface area contributed by atoms with Gasteiger partial charge in [0.1, 0.15) is 11.5 Å². The van der Waals surface area contributed by atoms with E-state index in [-0.39, 0.29) is 17.6 Å². The van der Waals surface area contributed by atoms with E-state index < -0.39 is 0 Å². The molecule has 0 spiro atoms. The van der Waals surface area contributed by atoms with Gasteiger partial charge >= 0.3 is 0 Å². The first kappa shape index (κ1) is 21.3. The minimum Gasteiger partial charge on any atom is -0.457 e. The quantitative estimate of drug-likeness (QED) is 0.545. The molecule has 0 heterocycles. The number of hydrogen-bond acceptors (Lipinski definition) is 2. The van der Waals surface area contributed by atoms with Crippen molar-refractivity contribution in [2.75, 3.05) is 6.79 Å². The van der Waals surface area contributed by atoms with Gasteiger partial charge in [0.05, 0.1) is 0 Å². The second-order valence-corrected chi connectivity index (χ2v) is 9.82. The first-order valence-electron chi connectivity index (χ1n) is 9.79. The van der Waals surface area contributed by atoms with Crippen molar-refractivity contribution in [3.05, 3.63) is 57.6 Å². The number of ether oxygens (including phenoxy) is 2. The van der Waals surface area contributed by atoms with E-state index in [4.69, 9.17) is 9.47 Å². The molecule has 148 valence electrons. The van der Waals surface area contributed by atoms with E-state index in [1.807, 2.05) is 0 Å². The summed E-state index contributed by atoms with van der Waals surface area (Å²) < 4.78 is 12.4. The molecule has 0 saturated heterocycles. The van der Waals surface area contributed by atoms with Crippen molar-refractivity contribution in [3.8, 4) is 11.5 Å². The number of hydrogen-bond donors (Lipinski definition) is 0. The van der Waals surface area contributed by atoms with Gasteiger partial charge in [0.25, 0.3) is 0 Å². The highest BCUT2D eigenvalue weighted by Gasteiger charge is 2.23. The Balaban J connectivity index is 2.31. The topological polar surface area (TPSA) is 18.5 Å². The molecule has 0 aliphatic carbocycles. The Hall–Kier alpha value is -1.96. The van der Waals surface area contributed by atoms with Crippen molar-refractivity contribution in [3.63, 3.8) is 0 Å². The molecule has 0 aliphatic heterocycles. The summed E-state index contributed by atoms with van der Waals surface area (Å²) in [6.07, 6.45) is 0. The van der Waals surface area contributed by atoms with E-state index in [0.29, 0.717) is 0 Å². The molecule has 0 amide bonds. The van der Waals surface area contributed by atoms with Gasteiger partial charge in [-0.05, 0) is 49.7 Å². The van der Waals surface area contributed by atoms with Crippen LogP contribution in [0.15, 0.2) is 24.3 Å². The fourth-order valence-electron chi connectivity index (χ4n) is 3.55. The highest BCUT2D eigenvalue weighted by atomic mass is 16.7. The molecule has 0 radical (unpaired) electrons. The zero-order valence-electron chi connectivity index (χ0n) is 18.8. The lowest BCUT2D eigenvalue weighted by atomic mass is 9.84. The van der Waals surface area contributed by atoms with Crippen LogP contribution in [-0.4, -0.2) is 6.79 Å². The summed E-state index contributed by atoms with van der Waals surface area (Å²) in [6, 6.07) is 8.78. The van der Waals surface area contributed by atoms with Crippen LogP contribution in [0.5, 0.6) is 11.5 Å². The second-order valence-electron chi connectivity index (χ2n) is 9.82. The largest absolute Gasteiger partial charge is 0.457 e. The van der Waals surface area contributed by atoms with Crippen LogP contribution in [0.3, 0.4) is 0 Å². The highest BCUT2D eigenvalue weighted by molar-refractivity contribution is 5.48. The van der Waals surface area contributed by atoms with Crippen molar-refractivity contribution in [2.45, 2.75) is 80.1 Å². The van der Waals surface area contributed by atoms with Crippen LogP contribution < -0.4 is 9.47 Å². The smallest absolute Gasteiger partial charge is 0.230 e. The summed E-state index contributed by atoms with van der Waals surface area (Å²) in [5.74, 6) is 1.88. The van der Waals surface area contributed by atoms with E-state index in [1.165, 1.54) is 22.3 Å². The second kappa shape index (κ2) is 7.58. The first-order valence-corrected chi connectivity index (χ1v) is 9.79. The van der Waals surface area contributed by atoms with Crippen LogP contribution in [0.25, 0.3) is 0 Å².